The zero-order chi connectivity index (χ0) is 9.68. The van der Waals surface area contributed by atoms with Gasteiger partial charge in [0.05, 0.1) is 0 Å². The largest absolute Gasteiger partial charge is 0.388 e. The highest BCUT2D eigenvalue weighted by atomic mass is 14.8. The Kier molecular flexibility index (Phi) is 3.56. The van der Waals surface area contributed by atoms with Crippen molar-refractivity contribution in [3.8, 4) is 0 Å². The molecule has 0 saturated carbocycles. The molecule has 0 unspecified atom stereocenters. The molecule has 0 saturated heterocycles. The average Bonchev–Trinajstić information content (AvgIpc) is 2.18. The number of nitrogens with one attached hydrogen (secondary N) is 1. The molecule has 1 N–H and O–H groups in total. The van der Waals surface area contributed by atoms with Crippen LogP contribution in [0.2, 0.25) is 0 Å². The summed E-state index contributed by atoms with van der Waals surface area (Å²) < 4.78 is 0. The number of aryl methyl sites for hydroxylation is 1. The van der Waals surface area contributed by atoms with Crippen molar-refractivity contribution in [2.75, 3.05) is 12.4 Å². The molecule has 0 fully saturated rings. The lowest BCUT2D eigenvalue weighted by atomic mass is 10.0. The van der Waals surface area contributed by atoms with Crippen LogP contribution < -0.4 is 5.32 Å². The van der Waals surface area contributed by atoms with Crippen molar-refractivity contribution in [3.05, 3.63) is 35.4 Å². The van der Waals surface area contributed by atoms with Gasteiger partial charge in [-0.1, -0.05) is 31.2 Å². The summed E-state index contributed by atoms with van der Waals surface area (Å²) in [5.41, 5.74) is 3.91. The van der Waals surface area contributed by atoms with Gasteiger partial charge in [-0.3, -0.25) is 0 Å². The van der Waals surface area contributed by atoms with Gasteiger partial charge in [0, 0.05) is 18.3 Å². The third kappa shape index (κ3) is 2.11. The highest BCUT2D eigenvalue weighted by Crippen LogP contribution is 2.21. The third-order valence-electron chi connectivity index (χ3n) is 2.18. The highest BCUT2D eigenvalue weighted by molar-refractivity contribution is 5.69. The van der Waals surface area contributed by atoms with Gasteiger partial charge in [-0.2, -0.15) is 0 Å². The summed E-state index contributed by atoms with van der Waals surface area (Å²) in [5.74, 6) is 0. The fourth-order valence-corrected chi connectivity index (χ4v) is 1.50. The van der Waals surface area contributed by atoms with E-state index in [-0.39, 0.29) is 0 Å². The fourth-order valence-electron chi connectivity index (χ4n) is 1.50. The monoisotopic (exact) mass is 175 g/mol. The number of anilines is 1. The third-order valence-corrected chi connectivity index (χ3v) is 2.18. The number of hydrogen-bond acceptors (Lipinski definition) is 1. The summed E-state index contributed by atoms with van der Waals surface area (Å²) in [7, 11) is 1.96. The molecular formula is C12H17N. The van der Waals surface area contributed by atoms with E-state index >= 15 is 0 Å². The van der Waals surface area contributed by atoms with Gasteiger partial charge >= 0.3 is 0 Å². The first kappa shape index (κ1) is 9.85. The molecule has 0 aromatic heterocycles. The van der Waals surface area contributed by atoms with E-state index in [1.807, 2.05) is 14.0 Å². The molecule has 13 heavy (non-hydrogen) atoms. The minimum atomic E-state index is 1.08. The molecule has 0 aliphatic heterocycles. The smallest absolute Gasteiger partial charge is 0.0413 e. The van der Waals surface area contributed by atoms with Crippen molar-refractivity contribution in [1.29, 1.82) is 0 Å². The molecule has 1 rings (SSSR count). The Morgan fingerprint density at radius 2 is 2.15 bits per heavy atom. The SMILES string of the molecule is C/C=C\c1c(CC)cccc1NC. The van der Waals surface area contributed by atoms with E-state index in [0.717, 1.165) is 6.42 Å². The second-order valence-electron chi connectivity index (χ2n) is 2.98. The van der Waals surface area contributed by atoms with Crippen LogP contribution in [0.1, 0.15) is 25.0 Å². The summed E-state index contributed by atoms with van der Waals surface area (Å²) in [6.45, 7) is 4.23. The Morgan fingerprint density at radius 1 is 1.38 bits per heavy atom. The van der Waals surface area contributed by atoms with E-state index in [1.54, 1.807) is 0 Å². The number of hydrogen-bond donors (Lipinski definition) is 1. The Morgan fingerprint density at radius 3 is 2.69 bits per heavy atom. The molecule has 0 aliphatic carbocycles. The van der Waals surface area contributed by atoms with Crippen molar-refractivity contribution in [2.24, 2.45) is 0 Å². The Bertz CT molecular complexity index is 278. The van der Waals surface area contributed by atoms with Gasteiger partial charge in [0.1, 0.15) is 0 Å². The van der Waals surface area contributed by atoms with E-state index in [0.29, 0.717) is 0 Å². The second-order valence-corrected chi connectivity index (χ2v) is 2.98. The maximum absolute atomic E-state index is 3.20. The second kappa shape index (κ2) is 4.70. The van der Waals surface area contributed by atoms with Crippen LogP contribution in [0.5, 0.6) is 0 Å². The zero-order valence-electron chi connectivity index (χ0n) is 8.59. The molecule has 0 bridgehead atoms. The molecule has 1 aromatic carbocycles. The topological polar surface area (TPSA) is 12.0 Å². The maximum atomic E-state index is 3.20. The Labute approximate surface area is 80.5 Å². The van der Waals surface area contributed by atoms with E-state index in [4.69, 9.17) is 0 Å². The summed E-state index contributed by atoms with van der Waals surface area (Å²) in [6, 6.07) is 6.38. The lowest BCUT2D eigenvalue weighted by molar-refractivity contribution is 1.13. The predicted octanol–water partition coefficient (Wildman–Crippen LogP) is 3.32. The molecule has 70 valence electrons. The molecular weight excluding hydrogens is 158 g/mol. The van der Waals surface area contributed by atoms with Gasteiger partial charge in [0.15, 0.2) is 0 Å². The molecule has 1 aromatic rings. The van der Waals surface area contributed by atoms with Crippen LogP contribution >= 0.6 is 0 Å². The molecule has 1 heteroatoms. The molecule has 0 radical (unpaired) electrons. The first-order valence-electron chi connectivity index (χ1n) is 4.75. The first-order chi connectivity index (χ1) is 6.33. The Balaban J connectivity index is 3.21. The summed E-state index contributed by atoms with van der Waals surface area (Å²) in [4.78, 5) is 0. The van der Waals surface area contributed by atoms with Crippen molar-refractivity contribution in [1.82, 2.24) is 0 Å². The summed E-state index contributed by atoms with van der Waals surface area (Å²) in [6.07, 6.45) is 5.31. The molecule has 0 aliphatic rings. The Hall–Kier alpha value is -1.24. The van der Waals surface area contributed by atoms with Gasteiger partial charge in [0.25, 0.3) is 0 Å². The van der Waals surface area contributed by atoms with Gasteiger partial charge in [-0.05, 0) is 25.0 Å². The van der Waals surface area contributed by atoms with Gasteiger partial charge < -0.3 is 5.32 Å². The van der Waals surface area contributed by atoms with Crippen molar-refractivity contribution in [3.63, 3.8) is 0 Å². The van der Waals surface area contributed by atoms with Crippen molar-refractivity contribution < 1.29 is 0 Å². The van der Waals surface area contributed by atoms with Crippen molar-refractivity contribution >= 4 is 11.8 Å². The predicted molar refractivity (Wildman–Crippen MR) is 60.1 cm³/mol. The quantitative estimate of drug-likeness (QED) is 0.743. The van der Waals surface area contributed by atoms with E-state index in [9.17, 15) is 0 Å². The molecule has 0 spiro atoms. The molecule has 1 nitrogen and oxygen atoms in total. The van der Waals surface area contributed by atoms with Crippen LogP contribution in [-0.2, 0) is 6.42 Å². The number of rotatable bonds is 3. The average molecular weight is 175 g/mol. The van der Waals surface area contributed by atoms with Gasteiger partial charge in [0.2, 0.25) is 0 Å². The van der Waals surface area contributed by atoms with Gasteiger partial charge in [-0.25, -0.2) is 0 Å². The maximum Gasteiger partial charge on any atom is 0.0413 e. The van der Waals surface area contributed by atoms with E-state index in [2.05, 4.69) is 42.6 Å². The van der Waals surface area contributed by atoms with Crippen LogP contribution in [0.4, 0.5) is 5.69 Å². The van der Waals surface area contributed by atoms with Gasteiger partial charge in [-0.15, -0.1) is 0 Å². The van der Waals surface area contributed by atoms with E-state index in [1.165, 1.54) is 16.8 Å². The van der Waals surface area contributed by atoms with Crippen LogP contribution in [0.3, 0.4) is 0 Å². The van der Waals surface area contributed by atoms with Crippen LogP contribution in [-0.4, -0.2) is 7.05 Å². The molecule has 0 atom stereocenters. The normalized spacial score (nSPS) is 10.7. The lowest BCUT2D eigenvalue weighted by Gasteiger charge is -2.09. The van der Waals surface area contributed by atoms with Crippen LogP contribution in [0.25, 0.3) is 6.08 Å². The number of allylic oxidation sites excluding steroid dienone is 1. The molecule has 0 heterocycles. The summed E-state index contributed by atoms with van der Waals surface area (Å²) in [5, 5.41) is 3.20. The van der Waals surface area contributed by atoms with Crippen molar-refractivity contribution in [2.45, 2.75) is 20.3 Å². The van der Waals surface area contributed by atoms with Crippen LogP contribution in [0.15, 0.2) is 24.3 Å². The standard InChI is InChI=1S/C12H17N/c1-4-7-11-10(5-2)8-6-9-12(11)13-3/h4,6-9,13H,5H2,1-3H3/b7-4-. The zero-order valence-corrected chi connectivity index (χ0v) is 8.59. The first-order valence-corrected chi connectivity index (χ1v) is 4.75. The fraction of sp³-hybridized carbons (Fsp3) is 0.333. The minimum Gasteiger partial charge on any atom is -0.388 e. The van der Waals surface area contributed by atoms with Crippen LogP contribution in [0, 0.1) is 0 Å². The summed E-state index contributed by atoms with van der Waals surface area (Å²) >= 11 is 0. The highest BCUT2D eigenvalue weighted by Gasteiger charge is 2.01. The van der Waals surface area contributed by atoms with E-state index < -0.39 is 0 Å². The molecule has 0 amide bonds. The lowest BCUT2D eigenvalue weighted by Crippen LogP contribution is -1.95. The minimum absolute atomic E-state index is 1.08. The number of benzene rings is 1.